The Bertz CT molecular complexity index is 1050. The van der Waals surface area contributed by atoms with Crippen molar-refractivity contribution in [1.29, 1.82) is 5.26 Å². The molecule has 29 heavy (non-hydrogen) atoms. The maximum absolute atomic E-state index is 12.5. The normalized spacial score (nSPS) is 13.1. The molecule has 1 atom stereocenters. The predicted octanol–water partition coefficient (Wildman–Crippen LogP) is 4.18. The molecule has 0 fully saturated rings. The number of carbonyl (C=O) groups excluding carboxylic acids is 1. The van der Waals surface area contributed by atoms with Crippen molar-refractivity contribution in [2.24, 2.45) is 5.92 Å². The number of thioether (sulfide) groups is 1. The van der Waals surface area contributed by atoms with E-state index in [0.717, 1.165) is 27.6 Å². The molecule has 0 radical (unpaired) electrons. The summed E-state index contributed by atoms with van der Waals surface area (Å²) in [5.41, 5.74) is 1.86. The molecule has 0 aliphatic carbocycles. The number of aromatic nitrogens is 2. The minimum Gasteiger partial charge on any atom is -0.497 e. The molecule has 0 aliphatic rings. The van der Waals surface area contributed by atoms with E-state index in [0.29, 0.717) is 0 Å². The third-order valence-electron chi connectivity index (χ3n) is 4.98. The van der Waals surface area contributed by atoms with Crippen LogP contribution in [-0.2, 0) is 4.79 Å². The summed E-state index contributed by atoms with van der Waals surface area (Å²) in [6, 6.07) is 17.8. The lowest BCUT2D eigenvalue weighted by atomic mass is 9.90. The second-order valence-electron chi connectivity index (χ2n) is 7.22. The van der Waals surface area contributed by atoms with Gasteiger partial charge in [0.15, 0.2) is 5.16 Å². The zero-order valence-corrected chi connectivity index (χ0v) is 17.8. The molecule has 1 aromatic heterocycles. The largest absolute Gasteiger partial charge is 0.497 e. The SMILES string of the molecule is COc1ccc(-n2c(SCC(=O)NC(C)(C#N)C(C)C)nc3ccccc32)cc1. The van der Waals surface area contributed by atoms with Crippen molar-refractivity contribution in [3.05, 3.63) is 48.5 Å². The van der Waals surface area contributed by atoms with Gasteiger partial charge in [0.05, 0.1) is 30.0 Å². The van der Waals surface area contributed by atoms with Crippen molar-refractivity contribution in [2.75, 3.05) is 12.9 Å². The van der Waals surface area contributed by atoms with Gasteiger partial charge in [-0.2, -0.15) is 5.26 Å². The summed E-state index contributed by atoms with van der Waals surface area (Å²) in [4.78, 5) is 17.2. The molecule has 0 saturated heterocycles. The van der Waals surface area contributed by atoms with E-state index in [2.05, 4.69) is 11.4 Å². The van der Waals surface area contributed by atoms with E-state index in [1.807, 2.05) is 66.9 Å². The number of methoxy groups -OCH3 is 1. The second-order valence-corrected chi connectivity index (χ2v) is 8.16. The fourth-order valence-electron chi connectivity index (χ4n) is 2.84. The fourth-order valence-corrected chi connectivity index (χ4v) is 3.67. The van der Waals surface area contributed by atoms with E-state index in [1.165, 1.54) is 11.8 Å². The molecule has 7 heteroatoms. The van der Waals surface area contributed by atoms with Crippen molar-refractivity contribution in [3.8, 4) is 17.5 Å². The van der Waals surface area contributed by atoms with Gasteiger partial charge in [-0.05, 0) is 49.2 Å². The molecule has 0 saturated carbocycles. The van der Waals surface area contributed by atoms with Crippen LogP contribution in [0.15, 0.2) is 53.7 Å². The van der Waals surface area contributed by atoms with Gasteiger partial charge in [0.2, 0.25) is 5.91 Å². The minimum atomic E-state index is -0.895. The standard InChI is InChI=1S/C22H24N4O2S/c1-15(2)22(3,14-23)25-20(27)13-29-21-24-18-7-5-6-8-19(18)26(21)16-9-11-17(28-4)12-10-16/h5-12,15H,13H2,1-4H3,(H,25,27). The number of nitriles is 1. The Labute approximate surface area is 174 Å². The van der Waals surface area contributed by atoms with Gasteiger partial charge in [0.25, 0.3) is 0 Å². The van der Waals surface area contributed by atoms with Crippen LogP contribution in [0.2, 0.25) is 0 Å². The number of fused-ring (bicyclic) bond motifs is 1. The van der Waals surface area contributed by atoms with Crippen LogP contribution in [0, 0.1) is 17.2 Å². The van der Waals surface area contributed by atoms with Crippen molar-refractivity contribution < 1.29 is 9.53 Å². The molecule has 3 aromatic rings. The molecule has 0 aliphatic heterocycles. The summed E-state index contributed by atoms with van der Waals surface area (Å²) in [6.45, 7) is 5.58. The van der Waals surface area contributed by atoms with E-state index < -0.39 is 5.54 Å². The van der Waals surface area contributed by atoms with Crippen LogP contribution in [0.5, 0.6) is 5.75 Å². The molecule has 0 bridgehead atoms. The number of benzene rings is 2. The fraction of sp³-hybridized carbons (Fsp3) is 0.318. The minimum absolute atomic E-state index is 0.00493. The van der Waals surface area contributed by atoms with Crippen LogP contribution in [0.1, 0.15) is 20.8 Å². The van der Waals surface area contributed by atoms with Crippen LogP contribution < -0.4 is 10.1 Å². The van der Waals surface area contributed by atoms with Crippen LogP contribution in [-0.4, -0.2) is 33.9 Å². The quantitative estimate of drug-likeness (QED) is 0.593. The van der Waals surface area contributed by atoms with Crippen LogP contribution in [0.4, 0.5) is 0 Å². The maximum atomic E-state index is 12.5. The lowest BCUT2D eigenvalue weighted by molar-refractivity contribution is -0.120. The molecule has 0 spiro atoms. The van der Waals surface area contributed by atoms with Gasteiger partial charge in [-0.3, -0.25) is 9.36 Å². The number of nitrogens with one attached hydrogen (secondary N) is 1. The topological polar surface area (TPSA) is 79.9 Å². The Morgan fingerprint density at radius 3 is 2.59 bits per heavy atom. The van der Waals surface area contributed by atoms with E-state index in [-0.39, 0.29) is 17.6 Å². The highest BCUT2D eigenvalue weighted by molar-refractivity contribution is 7.99. The first-order chi connectivity index (χ1) is 13.9. The molecule has 1 heterocycles. The van der Waals surface area contributed by atoms with Crippen molar-refractivity contribution in [2.45, 2.75) is 31.5 Å². The zero-order valence-electron chi connectivity index (χ0n) is 17.0. The summed E-state index contributed by atoms with van der Waals surface area (Å²) < 4.78 is 7.28. The van der Waals surface area contributed by atoms with Gasteiger partial charge in [-0.25, -0.2) is 4.98 Å². The Kier molecular flexibility index (Phi) is 6.14. The Morgan fingerprint density at radius 2 is 1.97 bits per heavy atom. The predicted molar refractivity (Wildman–Crippen MR) is 115 cm³/mol. The van der Waals surface area contributed by atoms with Crippen molar-refractivity contribution in [1.82, 2.24) is 14.9 Å². The molecule has 2 aromatic carbocycles. The summed E-state index contributed by atoms with van der Waals surface area (Å²) in [5, 5.41) is 13.0. The highest BCUT2D eigenvalue weighted by Crippen LogP contribution is 2.29. The lowest BCUT2D eigenvalue weighted by Gasteiger charge is -2.27. The van der Waals surface area contributed by atoms with E-state index >= 15 is 0 Å². The van der Waals surface area contributed by atoms with Gasteiger partial charge >= 0.3 is 0 Å². The lowest BCUT2D eigenvalue weighted by Crippen LogP contribution is -2.49. The molecular weight excluding hydrogens is 384 g/mol. The second kappa shape index (κ2) is 8.58. The Morgan fingerprint density at radius 1 is 1.28 bits per heavy atom. The summed E-state index contributed by atoms with van der Waals surface area (Å²) >= 11 is 1.35. The first-order valence-electron chi connectivity index (χ1n) is 9.35. The number of hydrogen-bond donors (Lipinski definition) is 1. The summed E-state index contributed by atoms with van der Waals surface area (Å²) in [5.74, 6) is 0.756. The third-order valence-corrected chi connectivity index (χ3v) is 5.92. The highest BCUT2D eigenvalue weighted by atomic mass is 32.2. The number of imidazole rings is 1. The van der Waals surface area contributed by atoms with E-state index in [1.54, 1.807) is 14.0 Å². The number of para-hydroxylation sites is 2. The van der Waals surface area contributed by atoms with Crippen molar-refractivity contribution in [3.63, 3.8) is 0 Å². The van der Waals surface area contributed by atoms with E-state index in [9.17, 15) is 10.1 Å². The van der Waals surface area contributed by atoms with E-state index in [4.69, 9.17) is 9.72 Å². The number of rotatable bonds is 7. The molecule has 3 rings (SSSR count). The maximum Gasteiger partial charge on any atom is 0.231 e. The monoisotopic (exact) mass is 408 g/mol. The van der Waals surface area contributed by atoms with Crippen LogP contribution in [0.3, 0.4) is 0 Å². The first-order valence-corrected chi connectivity index (χ1v) is 10.3. The molecule has 1 unspecified atom stereocenters. The summed E-state index contributed by atoms with van der Waals surface area (Å²) in [6.07, 6.45) is 0. The molecular formula is C22H24N4O2S. The molecule has 1 amide bonds. The van der Waals surface area contributed by atoms with Gasteiger partial charge in [0, 0.05) is 5.69 Å². The number of ether oxygens (including phenoxy) is 1. The van der Waals surface area contributed by atoms with Crippen LogP contribution in [0.25, 0.3) is 16.7 Å². The smallest absolute Gasteiger partial charge is 0.231 e. The molecule has 150 valence electrons. The highest BCUT2D eigenvalue weighted by Gasteiger charge is 2.30. The van der Waals surface area contributed by atoms with Crippen LogP contribution >= 0.6 is 11.8 Å². The zero-order chi connectivity index (χ0) is 21.0. The van der Waals surface area contributed by atoms with Gasteiger partial charge in [-0.15, -0.1) is 0 Å². The summed E-state index contributed by atoms with van der Waals surface area (Å²) in [7, 11) is 1.63. The molecule has 6 nitrogen and oxygen atoms in total. The number of nitrogens with zero attached hydrogens (tertiary/aromatic N) is 3. The number of carbonyl (C=O) groups is 1. The van der Waals surface area contributed by atoms with Crippen molar-refractivity contribution >= 4 is 28.7 Å². The van der Waals surface area contributed by atoms with Gasteiger partial charge in [0.1, 0.15) is 11.3 Å². The average molecular weight is 409 g/mol. The Hall–Kier alpha value is -2.98. The van der Waals surface area contributed by atoms with Gasteiger partial charge in [-0.1, -0.05) is 37.7 Å². The Balaban J connectivity index is 1.88. The first kappa shape index (κ1) is 20.7. The number of hydrogen-bond acceptors (Lipinski definition) is 5. The number of amides is 1. The third kappa shape index (κ3) is 4.38. The van der Waals surface area contributed by atoms with Gasteiger partial charge < -0.3 is 10.1 Å². The molecule has 1 N–H and O–H groups in total. The average Bonchev–Trinajstić information content (AvgIpc) is 3.10.